The Hall–Kier alpha value is -4.53. The number of carboxylic acid groups (broad SMARTS) is 1. The lowest BCUT2D eigenvalue weighted by atomic mass is 9.97. The minimum absolute atomic E-state index is 0.0547. The van der Waals surface area contributed by atoms with Crippen molar-refractivity contribution in [1.82, 2.24) is 10.2 Å². The summed E-state index contributed by atoms with van der Waals surface area (Å²) in [5.74, 6) is -0.710. The van der Waals surface area contributed by atoms with Crippen molar-refractivity contribution < 1.29 is 24.2 Å². The number of carbonyl (C=O) groups is 3. The lowest BCUT2D eigenvalue weighted by molar-refractivity contribution is -0.138. The summed E-state index contributed by atoms with van der Waals surface area (Å²) in [5.41, 5.74) is 3.66. The van der Waals surface area contributed by atoms with E-state index in [1.165, 1.54) is 14.0 Å². The molecule has 0 bridgehead atoms. The molecule has 2 aromatic rings. The number of urea groups is 1. The van der Waals surface area contributed by atoms with Crippen LogP contribution in [0.1, 0.15) is 37.4 Å². The molecule has 1 aliphatic rings. The molecule has 3 rings (SSSR count). The third kappa shape index (κ3) is 7.99. The van der Waals surface area contributed by atoms with Gasteiger partial charge >= 0.3 is 12.0 Å². The van der Waals surface area contributed by atoms with Crippen molar-refractivity contribution in [2.75, 3.05) is 24.3 Å². The summed E-state index contributed by atoms with van der Waals surface area (Å²) in [5, 5.41) is 17.8. The number of methoxy groups -OCH3 is 1. The topological polar surface area (TPSA) is 120 Å². The van der Waals surface area contributed by atoms with Gasteiger partial charge in [-0.25, -0.2) is 4.79 Å². The number of anilines is 2. The van der Waals surface area contributed by atoms with E-state index in [2.05, 4.69) is 16.0 Å². The number of rotatable bonds is 10. The zero-order chi connectivity index (χ0) is 27.7. The average molecular weight is 519 g/mol. The van der Waals surface area contributed by atoms with Crippen LogP contribution in [0.15, 0.2) is 78.7 Å². The maximum Gasteiger partial charge on any atom is 0.323 e. The fourth-order valence-electron chi connectivity index (χ4n) is 4.15. The van der Waals surface area contributed by atoms with Gasteiger partial charge in [0.2, 0.25) is 5.91 Å². The number of ether oxygens (including phenoxy) is 1. The highest BCUT2D eigenvalue weighted by atomic mass is 16.5. The lowest BCUT2D eigenvalue weighted by Gasteiger charge is -2.25. The third-order valence-electron chi connectivity index (χ3n) is 5.92. The molecule has 3 amide bonds. The molecule has 9 nitrogen and oxygen atoms in total. The Morgan fingerprint density at radius 1 is 1.05 bits per heavy atom. The van der Waals surface area contributed by atoms with Gasteiger partial charge in [0.15, 0.2) is 0 Å². The number of aryl methyl sites for hydroxylation is 1. The number of nitrogens with one attached hydrogen (secondary N) is 3. The summed E-state index contributed by atoms with van der Waals surface area (Å²) in [4.78, 5) is 37.8. The molecule has 0 saturated carbocycles. The van der Waals surface area contributed by atoms with E-state index >= 15 is 0 Å². The van der Waals surface area contributed by atoms with Crippen LogP contribution >= 0.6 is 0 Å². The van der Waals surface area contributed by atoms with Crippen LogP contribution < -0.4 is 20.7 Å². The standard InChI is InChI=1S/C29H34N4O5/c1-19(15-27(35)36)17-33-14-8-7-10-23(18-33)28(30-21(3)34)22-12-13-25(26(16-22)38-4)32-29(37)31-24-11-6-5-9-20(24)2/h5-14,16,18-19,28H,15,17H2,1-4H3,(H,30,34)(H,35,36)(H2,31,32,37). The normalized spacial score (nSPS) is 14.1. The molecule has 200 valence electrons. The number of carbonyl (C=O) groups excluding carboxylic acids is 2. The van der Waals surface area contributed by atoms with E-state index in [1.54, 1.807) is 12.1 Å². The molecule has 0 radical (unpaired) electrons. The lowest BCUT2D eigenvalue weighted by Crippen LogP contribution is -2.28. The molecule has 2 atom stereocenters. The molecule has 1 heterocycles. The molecule has 0 aromatic heterocycles. The van der Waals surface area contributed by atoms with E-state index in [9.17, 15) is 14.4 Å². The maximum absolute atomic E-state index is 12.6. The van der Waals surface area contributed by atoms with Crippen LogP contribution in [-0.4, -0.2) is 41.6 Å². The van der Waals surface area contributed by atoms with E-state index in [0.717, 1.165) is 16.7 Å². The number of hydrogen-bond acceptors (Lipinski definition) is 5. The average Bonchev–Trinajstić information content (AvgIpc) is 3.09. The van der Waals surface area contributed by atoms with Crippen molar-refractivity contribution >= 4 is 29.3 Å². The first kappa shape index (κ1) is 28.0. The second kappa shape index (κ2) is 13.1. The molecule has 9 heteroatoms. The molecule has 0 saturated heterocycles. The number of hydrogen-bond donors (Lipinski definition) is 4. The fraction of sp³-hybridized carbons (Fsp3) is 0.276. The van der Waals surface area contributed by atoms with Crippen LogP contribution in [-0.2, 0) is 9.59 Å². The van der Waals surface area contributed by atoms with Crippen molar-refractivity contribution in [2.24, 2.45) is 5.92 Å². The minimum Gasteiger partial charge on any atom is -0.495 e. The highest BCUT2D eigenvalue weighted by molar-refractivity contribution is 6.01. The van der Waals surface area contributed by atoms with Crippen molar-refractivity contribution in [2.45, 2.75) is 33.2 Å². The maximum atomic E-state index is 12.6. The highest BCUT2D eigenvalue weighted by Crippen LogP contribution is 2.32. The zero-order valence-electron chi connectivity index (χ0n) is 22.0. The number of aliphatic carboxylic acids is 1. The second-order valence-electron chi connectivity index (χ2n) is 9.22. The van der Waals surface area contributed by atoms with Crippen molar-refractivity contribution in [3.8, 4) is 5.75 Å². The quantitative estimate of drug-likeness (QED) is 0.343. The van der Waals surface area contributed by atoms with Crippen LogP contribution in [0.5, 0.6) is 5.75 Å². The predicted molar refractivity (Wildman–Crippen MR) is 148 cm³/mol. The van der Waals surface area contributed by atoms with Crippen LogP contribution in [0.2, 0.25) is 0 Å². The van der Waals surface area contributed by atoms with Gasteiger partial charge in [-0.2, -0.15) is 0 Å². The molecule has 2 unspecified atom stereocenters. The number of carboxylic acids is 1. The SMILES string of the molecule is COc1cc(C(NC(C)=O)C2=CN(CC(C)CC(=O)O)C=CC=C2)ccc1NC(=O)Nc1ccccc1C. The van der Waals surface area contributed by atoms with Gasteiger partial charge in [-0.05, 0) is 53.8 Å². The molecular formula is C29H34N4O5. The van der Waals surface area contributed by atoms with Gasteiger partial charge in [-0.15, -0.1) is 0 Å². The summed E-state index contributed by atoms with van der Waals surface area (Å²) in [6.45, 7) is 5.74. The van der Waals surface area contributed by atoms with Gasteiger partial charge in [0.1, 0.15) is 5.75 Å². The van der Waals surface area contributed by atoms with Crippen LogP contribution in [0.25, 0.3) is 0 Å². The second-order valence-corrected chi connectivity index (χ2v) is 9.22. The van der Waals surface area contributed by atoms with Crippen molar-refractivity contribution in [3.05, 3.63) is 89.8 Å². The Morgan fingerprint density at radius 3 is 2.47 bits per heavy atom. The van der Waals surface area contributed by atoms with E-state index in [4.69, 9.17) is 9.84 Å². The zero-order valence-corrected chi connectivity index (χ0v) is 22.0. The van der Waals surface area contributed by atoms with Crippen molar-refractivity contribution in [1.29, 1.82) is 0 Å². The summed E-state index contributed by atoms with van der Waals surface area (Å²) in [6, 6.07) is 11.9. The van der Waals surface area contributed by atoms with Gasteiger partial charge in [-0.3, -0.25) is 9.59 Å². The number of benzene rings is 2. The first-order valence-corrected chi connectivity index (χ1v) is 12.3. The number of para-hydroxylation sites is 1. The van der Waals surface area contributed by atoms with Crippen LogP contribution in [0, 0.1) is 12.8 Å². The predicted octanol–water partition coefficient (Wildman–Crippen LogP) is 5.21. The Balaban J connectivity index is 1.85. The summed E-state index contributed by atoms with van der Waals surface area (Å²) >= 11 is 0. The highest BCUT2D eigenvalue weighted by Gasteiger charge is 2.21. The number of amides is 3. The Kier molecular flexibility index (Phi) is 9.70. The monoisotopic (exact) mass is 518 g/mol. The first-order chi connectivity index (χ1) is 18.2. The van der Waals surface area contributed by atoms with Crippen LogP contribution in [0.3, 0.4) is 0 Å². The molecule has 38 heavy (non-hydrogen) atoms. The Bertz CT molecular complexity index is 1270. The molecular weight excluding hydrogens is 484 g/mol. The van der Waals surface area contributed by atoms with E-state index in [-0.39, 0.29) is 18.2 Å². The Morgan fingerprint density at radius 2 is 1.79 bits per heavy atom. The summed E-state index contributed by atoms with van der Waals surface area (Å²) < 4.78 is 5.57. The molecule has 0 fully saturated rings. The Labute approximate surface area is 222 Å². The molecule has 0 spiro atoms. The third-order valence-corrected chi connectivity index (χ3v) is 5.92. The van der Waals surface area contributed by atoms with Gasteiger partial charge < -0.3 is 30.7 Å². The molecule has 0 aliphatic carbocycles. The minimum atomic E-state index is -0.844. The summed E-state index contributed by atoms with van der Waals surface area (Å²) in [7, 11) is 1.51. The smallest absolute Gasteiger partial charge is 0.323 e. The van der Waals surface area contributed by atoms with E-state index < -0.39 is 18.0 Å². The molecule has 1 aliphatic heterocycles. The fourth-order valence-corrected chi connectivity index (χ4v) is 4.15. The van der Waals surface area contributed by atoms with E-state index in [0.29, 0.717) is 23.7 Å². The van der Waals surface area contributed by atoms with Crippen LogP contribution in [0.4, 0.5) is 16.2 Å². The van der Waals surface area contributed by atoms with Gasteiger partial charge in [-0.1, -0.05) is 43.3 Å². The number of nitrogens with zero attached hydrogens (tertiary/aromatic N) is 1. The largest absolute Gasteiger partial charge is 0.495 e. The van der Waals surface area contributed by atoms with Gasteiger partial charge in [0, 0.05) is 38.0 Å². The number of allylic oxidation sites excluding steroid dienone is 2. The van der Waals surface area contributed by atoms with E-state index in [1.807, 2.05) is 79.7 Å². The van der Waals surface area contributed by atoms with Gasteiger partial charge in [0.25, 0.3) is 0 Å². The molecule has 2 aromatic carbocycles. The molecule has 4 N–H and O–H groups in total. The first-order valence-electron chi connectivity index (χ1n) is 12.3. The van der Waals surface area contributed by atoms with Crippen molar-refractivity contribution in [3.63, 3.8) is 0 Å². The van der Waals surface area contributed by atoms with Gasteiger partial charge in [0.05, 0.1) is 18.8 Å². The summed E-state index contributed by atoms with van der Waals surface area (Å²) in [6.07, 6.45) is 9.45.